The third-order valence-electron chi connectivity index (χ3n) is 2.52. The van der Waals surface area contributed by atoms with E-state index in [1.165, 1.54) is 23.0 Å². The Hall–Kier alpha value is -1.88. The maximum absolute atomic E-state index is 14.0. The maximum atomic E-state index is 14.0. The van der Waals surface area contributed by atoms with Crippen LogP contribution in [0.4, 0.5) is 4.39 Å². The first kappa shape index (κ1) is 11.6. The summed E-state index contributed by atoms with van der Waals surface area (Å²) in [4.78, 5) is 0. The fraction of sp³-hybridized carbons (Fsp3) is 0.250. The molecule has 2 N–H and O–H groups in total. The maximum Gasteiger partial charge on any atom is 0.219 e. The third kappa shape index (κ3) is 2.45. The van der Waals surface area contributed by atoms with Crippen molar-refractivity contribution in [3.8, 4) is 11.4 Å². The predicted octanol–water partition coefficient (Wildman–Crippen LogP) is 1.48. The first-order chi connectivity index (χ1) is 8.22. The number of aromatic nitrogens is 2. The quantitative estimate of drug-likeness (QED) is 0.844. The summed E-state index contributed by atoms with van der Waals surface area (Å²) < 4.78 is 15.2. The monoisotopic (exact) mass is 235 g/mol. The van der Waals surface area contributed by atoms with Crippen molar-refractivity contribution < 1.29 is 9.50 Å². The van der Waals surface area contributed by atoms with Crippen molar-refractivity contribution >= 4 is 0 Å². The molecule has 0 atom stereocenters. The average molecular weight is 235 g/mol. The Morgan fingerprint density at radius 1 is 1.35 bits per heavy atom. The van der Waals surface area contributed by atoms with Crippen LogP contribution in [0.2, 0.25) is 0 Å². The molecule has 0 saturated carbocycles. The lowest BCUT2D eigenvalue weighted by molar-refractivity contribution is 0.474. The molecule has 1 aromatic carbocycles. The van der Waals surface area contributed by atoms with E-state index in [1.54, 1.807) is 12.1 Å². The van der Waals surface area contributed by atoms with Gasteiger partial charge in [0.05, 0.1) is 11.9 Å². The lowest BCUT2D eigenvalue weighted by atomic mass is 10.2. The van der Waals surface area contributed by atoms with E-state index in [0.717, 1.165) is 0 Å². The molecule has 1 aromatic heterocycles. The van der Waals surface area contributed by atoms with Crippen molar-refractivity contribution in [2.45, 2.75) is 6.42 Å². The highest BCUT2D eigenvalue weighted by molar-refractivity contribution is 5.36. The van der Waals surface area contributed by atoms with Gasteiger partial charge >= 0.3 is 0 Å². The molecule has 5 heteroatoms. The predicted molar refractivity (Wildman–Crippen MR) is 62.8 cm³/mol. The van der Waals surface area contributed by atoms with E-state index in [2.05, 4.69) is 10.4 Å². The van der Waals surface area contributed by atoms with E-state index in [0.29, 0.717) is 24.2 Å². The average Bonchev–Trinajstić information content (AvgIpc) is 2.69. The molecule has 0 saturated heterocycles. The van der Waals surface area contributed by atoms with Gasteiger partial charge in [-0.15, -0.1) is 0 Å². The summed E-state index contributed by atoms with van der Waals surface area (Å²) in [5.74, 6) is -0.206. The van der Waals surface area contributed by atoms with Gasteiger partial charge in [0.1, 0.15) is 5.75 Å². The first-order valence-electron chi connectivity index (χ1n) is 5.39. The smallest absolute Gasteiger partial charge is 0.219 e. The molecule has 0 aliphatic rings. The van der Waals surface area contributed by atoms with Crippen LogP contribution in [0.1, 0.15) is 5.56 Å². The standard InChI is InChI=1S/C12H14FN3O/c1-14-7-6-9-8-15-16(12(9)13)10-2-4-11(17)5-3-10/h2-5,8,14,17H,6-7H2,1H3. The fourth-order valence-electron chi connectivity index (χ4n) is 1.57. The highest BCUT2D eigenvalue weighted by atomic mass is 19.1. The van der Waals surface area contributed by atoms with Crippen molar-refractivity contribution in [3.05, 3.63) is 42.0 Å². The molecular weight excluding hydrogens is 221 g/mol. The fourth-order valence-corrected chi connectivity index (χ4v) is 1.57. The van der Waals surface area contributed by atoms with Gasteiger partial charge in [-0.2, -0.15) is 9.49 Å². The molecule has 17 heavy (non-hydrogen) atoms. The van der Waals surface area contributed by atoms with Gasteiger partial charge in [-0.25, -0.2) is 4.68 Å². The Balaban J connectivity index is 2.27. The lowest BCUT2D eigenvalue weighted by Gasteiger charge is -2.03. The third-order valence-corrected chi connectivity index (χ3v) is 2.52. The number of likely N-dealkylation sites (N-methyl/N-ethyl adjacent to an activating group) is 1. The second-order valence-corrected chi connectivity index (χ2v) is 3.74. The zero-order valence-corrected chi connectivity index (χ0v) is 9.52. The van der Waals surface area contributed by atoms with Gasteiger partial charge in [0.25, 0.3) is 0 Å². The van der Waals surface area contributed by atoms with Gasteiger partial charge in [-0.1, -0.05) is 0 Å². The number of hydrogen-bond acceptors (Lipinski definition) is 3. The SMILES string of the molecule is CNCCc1cnn(-c2ccc(O)cc2)c1F. The first-order valence-corrected chi connectivity index (χ1v) is 5.39. The van der Waals surface area contributed by atoms with E-state index in [9.17, 15) is 4.39 Å². The van der Waals surface area contributed by atoms with Crippen LogP contribution in [0.5, 0.6) is 5.75 Å². The minimum absolute atomic E-state index is 0.150. The molecule has 0 amide bonds. The molecule has 0 unspecified atom stereocenters. The van der Waals surface area contributed by atoms with Crippen LogP contribution in [0.3, 0.4) is 0 Å². The van der Waals surface area contributed by atoms with Crippen LogP contribution < -0.4 is 5.32 Å². The summed E-state index contributed by atoms with van der Waals surface area (Å²) in [6, 6.07) is 6.24. The number of halogens is 1. The van der Waals surface area contributed by atoms with Crippen LogP contribution in [-0.4, -0.2) is 28.5 Å². The van der Waals surface area contributed by atoms with Crippen LogP contribution in [0, 0.1) is 5.95 Å². The summed E-state index contributed by atoms with van der Waals surface area (Å²) in [5, 5.41) is 16.1. The van der Waals surface area contributed by atoms with E-state index < -0.39 is 0 Å². The summed E-state index contributed by atoms with van der Waals surface area (Å²) in [6.45, 7) is 0.707. The highest BCUT2D eigenvalue weighted by Crippen LogP contribution is 2.16. The van der Waals surface area contributed by atoms with Gasteiger partial charge < -0.3 is 10.4 Å². The number of phenols is 1. The van der Waals surface area contributed by atoms with E-state index in [1.807, 2.05) is 7.05 Å². The Bertz CT molecular complexity index is 493. The molecule has 90 valence electrons. The number of benzene rings is 1. The van der Waals surface area contributed by atoms with Gasteiger partial charge in [-0.05, 0) is 44.3 Å². The van der Waals surface area contributed by atoms with Crippen LogP contribution >= 0.6 is 0 Å². The van der Waals surface area contributed by atoms with E-state index in [4.69, 9.17) is 5.11 Å². The Labute approximate surface area is 98.7 Å². The molecule has 2 aromatic rings. The molecule has 0 spiro atoms. The van der Waals surface area contributed by atoms with Crippen LogP contribution in [-0.2, 0) is 6.42 Å². The molecule has 0 radical (unpaired) electrons. The number of phenolic OH excluding ortho intramolecular Hbond substituents is 1. The van der Waals surface area contributed by atoms with E-state index >= 15 is 0 Å². The highest BCUT2D eigenvalue weighted by Gasteiger charge is 2.11. The summed E-state index contributed by atoms with van der Waals surface area (Å²) >= 11 is 0. The summed E-state index contributed by atoms with van der Waals surface area (Å²) in [6.07, 6.45) is 2.12. The molecule has 4 nitrogen and oxygen atoms in total. The molecule has 1 heterocycles. The summed E-state index contributed by atoms with van der Waals surface area (Å²) in [7, 11) is 1.82. The number of nitrogens with zero attached hydrogens (tertiary/aromatic N) is 2. The van der Waals surface area contributed by atoms with Crippen LogP contribution in [0.25, 0.3) is 5.69 Å². The van der Waals surface area contributed by atoms with Gasteiger partial charge in [0.2, 0.25) is 5.95 Å². The van der Waals surface area contributed by atoms with Gasteiger partial charge in [-0.3, -0.25) is 0 Å². The number of nitrogens with one attached hydrogen (secondary N) is 1. The van der Waals surface area contributed by atoms with Crippen molar-refractivity contribution in [3.63, 3.8) is 0 Å². The Morgan fingerprint density at radius 2 is 2.06 bits per heavy atom. The van der Waals surface area contributed by atoms with Crippen molar-refractivity contribution in [2.75, 3.05) is 13.6 Å². The van der Waals surface area contributed by atoms with Gasteiger partial charge in [0, 0.05) is 5.56 Å². The van der Waals surface area contributed by atoms with Crippen molar-refractivity contribution in [1.29, 1.82) is 0 Å². The van der Waals surface area contributed by atoms with Crippen molar-refractivity contribution in [1.82, 2.24) is 15.1 Å². The Morgan fingerprint density at radius 3 is 2.71 bits per heavy atom. The topological polar surface area (TPSA) is 50.1 Å². The molecular formula is C12H14FN3O. The van der Waals surface area contributed by atoms with E-state index in [-0.39, 0.29) is 11.7 Å². The van der Waals surface area contributed by atoms with Gasteiger partial charge in [0.15, 0.2) is 0 Å². The zero-order chi connectivity index (χ0) is 12.3. The normalized spacial score (nSPS) is 10.7. The number of aromatic hydroxyl groups is 1. The molecule has 0 aliphatic heterocycles. The lowest BCUT2D eigenvalue weighted by Crippen LogP contribution is -2.11. The molecule has 0 aliphatic carbocycles. The largest absolute Gasteiger partial charge is 0.508 e. The molecule has 0 bridgehead atoms. The second-order valence-electron chi connectivity index (χ2n) is 3.74. The zero-order valence-electron chi connectivity index (χ0n) is 9.52. The molecule has 2 rings (SSSR count). The second kappa shape index (κ2) is 4.97. The van der Waals surface area contributed by atoms with Crippen molar-refractivity contribution in [2.24, 2.45) is 0 Å². The molecule has 0 fully saturated rings. The minimum Gasteiger partial charge on any atom is -0.508 e. The number of hydrogen-bond donors (Lipinski definition) is 2. The number of rotatable bonds is 4. The summed E-state index contributed by atoms with van der Waals surface area (Å²) in [5.41, 5.74) is 1.17. The minimum atomic E-state index is -0.356. The van der Waals surface area contributed by atoms with Crippen LogP contribution in [0.15, 0.2) is 30.5 Å². The Kier molecular flexibility index (Phi) is 3.39.